The summed E-state index contributed by atoms with van der Waals surface area (Å²) < 4.78 is 5.90. The molecule has 4 aromatic rings. The van der Waals surface area contributed by atoms with Gasteiger partial charge in [-0.3, -0.25) is 4.79 Å². The van der Waals surface area contributed by atoms with Gasteiger partial charge in [-0.25, -0.2) is 4.98 Å². The molecular weight excluding hydrogens is 386 g/mol. The van der Waals surface area contributed by atoms with Crippen molar-refractivity contribution < 1.29 is 9.53 Å². The van der Waals surface area contributed by atoms with Gasteiger partial charge in [0.15, 0.2) is 5.82 Å². The predicted molar refractivity (Wildman–Crippen MR) is 121 cm³/mol. The molecule has 0 aliphatic heterocycles. The van der Waals surface area contributed by atoms with Crippen molar-refractivity contribution in [3.63, 3.8) is 0 Å². The van der Waals surface area contributed by atoms with Crippen LogP contribution in [0.15, 0.2) is 91.1 Å². The lowest BCUT2D eigenvalue weighted by Crippen LogP contribution is -2.25. The number of benzene rings is 3. The number of rotatable bonds is 7. The minimum Gasteiger partial charge on any atom is -0.439 e. The van der Waals surface area contributed by atoms with Gasteiger partial charge in [-0.2, -0.15) is 4.98 Å². The van der Waals surface area contributed by atoms with Gasteiger partial charge in [0.1, 0.15) is 5.75 Å². The predicted octanol–water partition coefficient (Wildman–Crippen LogP) is 5.22. The van der Waals surface area contributed by atoms with E-state index < -0.39 is 0 Å². The quantitative estimate of drug-likeness (QED) is 0.455. The van der Waals surface area contributed by atoms with Gasteiger partial charge in [0.25, 0.3) is 5.91 Å². The number of hydrogen-bond donors (Lipinski definition) is 1. The molecule has 31 heavy (non-hydrogen) atoms. The number of nitrogens with zero attached hydrogens (tertiary/aromatic N) is 2. The molecule has 1 amide bonds. The number of aromatic nitrogens is 2. The number of hydrogen-bond acceptors (Lipinski definition) is 4. The minimum atomic E-state index is -0.135. The number of carbonyl (C=O) groups is 1. The van der Waals surface area contributed by atoms with Crippen LogP contribution in [0.3, 0.4) is 0 Å². The van der Waals surface area contributed by atoms with Crippen molar-refractivity contribution in [2.45, 2.75) is 13.3 Å². The Morgan fingerprint density at radius 3 is 2.61 bits per heavy atom. The van der Waals surface area contributed by atoms with Crippen LogP contribution in [0.5, 0.6) is 11.6 Å². The molecule has 0 bridgehead atoms. The van der Waals surface area contributed by atoms with Crippen molar-refractivity contribution in [1.29, 1.82) is 0 Å². The van der Waals surface area contributed by atoms with E-state index >= 15 is 0 Å². The zero-order valence-electron chi connectivity index (χ0n) is 17.3. The molecule has 1 heterocycles. The summed E-state index contributed by atoms with van der Waals surface area (Å²) in [6.45, 7) is 2.60. The maximum atomic E-state index is 12.5. The van der Waals surface area contributed by atoms with Crippen molar-refractivity contribution in [3.8, 4) is 23.0 Å². The van der Waals surface area contributed by atoms with Crippen LogP contribution in [0.25, 0.3) is 11.4 Å². The lowest BCUT2D eigenvalue weighted by molar-refractivity contribution is 0.0954. The molecule has 1 aromatic heterocycles. The third-order valence-electron chi connectivity index (χ3n) is 4.77. The topological polar surface area (TPSA) is 64.1 Å². The number of amides is 1. The summed E-state index contributed by atoms with van der Waals surface area (Å²) in [7, 11) is 0. The normalized spacial score (nSPS) is 10.5. The first-order valence-electron chi connectivity index (χ1n) is 10.2. The zero-order chi connectivity index (χ0) is 21.5. The van der Waals surface area contributed by atoms with E-state index in [9.17, 15) is 4.79 Å². The molecule has 0 unspecified atom stereocenters. The third kappa shape index (κ3) is 5.54. The highest BCUT2D eigenvalue weighted by Gasteiger charge is 2.09. The fraction of sp³-hybridized carbons (Fsp3) is 0.115. The molecule has 0 atom stereocenters. The van der Waals surface area contributed by atoms with Gasteiger partial charge in [-0.1, -0.05) is 60.2 Å². The molecule has 5 heteroatoms. The molecule has 5 nitrogen and oxygen atoms in total. The Hall–Kier alpha value is -3.99. The summed E-state index contributed by atoms with van der Waals surface area (Å²) in [4.78, 5) is 21.4. The molecule has 0 radical (unpaired) electrons. The largest absolute Gasteiger partial charge is 0.439 e. The second kappa shape index (κ2) is 9.67. The van der Waals surface area contributed by atoms with E-state index in [1.807, 2.05) is 61.5 Å². The number of ether oxygens (including phenoxy) is 1. The SMILES string of the molecule is Cc1cccc(-c2nccc(Oc3cccc(C(=O)NCCc4ccccc4)c3)n2)c1. The molecule has 1 N–H and O–H groups in total. The van der Waals surface area contributed by atoms with Gasteiger partial charge in [-0.05, 0) is 43.2 Å². The summed E-state index contributed by atoms with van der Waals surface area (Å²) in [6.07, 6.45) is 2.45. The Labute approximate surface area is 181 Å². The minimum absolute atomic E-state index is 0.135. The van der Waals surface area contributed by atoms with Crippen molar-refractivity contribution in [3.05, 3.63) is 108 Å². The second-order valence-corrected chi connectivity index (χ2v) is 7.21. The Morgan fingerprint density at radius 1 is 0.935 bits per heavy atom. The van der Waals surface area contributed by atoms with Crippen molar-refractivity contribution in [1.82, 2.24) is 15.3 Å². The maximum Gasteiger partial charge on any atom is 0.251 e. The molecule has 0 aliphatic carbocycles. The van der Waals surface area contributed by atoms with E-state index in [1.54, 1.807) is 36.5 Å². The fourth-order valence-corrected chi connectivity index (χ4v) is 3.21. The highest BCUT2D eigenvalue weighted by molar-refractivity contribution is 5.94. The Bertz CT molecular complexity index is 1180. The molecule has 0 saturated heterocycles. The van der Waals surface area contributed by atoms with Crippen molar-refractivity contribution in [2.75, 3.05) is 6.54 Å². The van der Waals surface area contributed by atoms with Crippen LogP contribution in [-0.4, -0.2) is 22.4 Å². The number of carbonyl (C=O) groups excluding carboxylic acids is 1. The molecule has 0 spiro atoms. The summed E-state index contributed by atoms with van der Waals surface area (Å²) >= 11 is 0. The maximum absolute atomic E-state index is 12.5. The average Bonchev–Trinajstić information content (AvgIpc) is 2.80. The lowest BCUT2D eigenvalue weighted by Gasteiger charge is -2.09. The first-order chi connectivity index (χ1) is 15.2. The van der Waals surface area contributed by atoms with Crippen molar-refractivity contribution >= 4 is 5.91 Å². The molecule has 3 aromatic carbocycles. The molecule has 0 fully saturated rings. The van der Waals surface area contributed by atoms with Crippen LogP contribution in [0.1, 0.15) is 21.5 Å². The van der Waals surface area contributed by atoms with Gasteiger partial charge in [0, 0.05) is 29.9 Å². The van der Waals surface area contributed by atoms with Crippen LogP contribution >= 0.6 is 0 Å². The Morgan fingerprint density at radius 2 is 1.77 bits per heavy atom. The van der Waals surface area contributed by atoms with Gasteiger partial charge in [-0.15, -0.1) is 0 Å². The smallest absolute Gasteiger partial charge is 0.251 e. The standard InChI is InChI=1S/C26H23N3O2/c1-19-7-5-10-21(17-19)25-27-16-14-24(29-25)31-23-12-6-11-22(18-23)26(30)28-15-13-20-8-3-2-4-9-20/h2-12,14,16-18H,13,15H2,1H3,(H,28,30). The van der Waals surface area contributed by atoms with E-state index in [-0.39, 0.29) is 5.91 Å². The lowest BCUT2D eigenvalue weighted by atomic mass is 10.1. The van der Waals surface area contributed by atoms with E-state index in [4.69, 9.17) is 4.74 Å². The fourth-order valence-electron chi connectivity index (χ4n) is 3.21. The second-order valence-electron chi connectivity index (χ2n) is 7.21. The van der Waals surface area contributed by atoms with Crippen LogP contribution in [0, 0.1) is 6.92 Å². The van der Waals surface area contributed by atoms with Crippen LogP contribution in [0.2, 0.25) is 0 Å². The third-order valence-corrected chi connectivity index (χ3v) is 4.77. The summed E-state index contributed by atoms with van der Waals surface area (Å²) in [5.74, 6) is 1.43. The van der Waals surface area contributed by atoms with E-state index in [1.165, 1.54) is 5.56 Å². The number of nitrogens with one attached hydrogen (secondary N) is 1. The first kappa shape index (κ1) is 20.3. The number of aryl methyl sites for hydroxylation is 1. The monoisotopic (exact) mass is 409 g/mol. The highest BCUT2D eigenvalue weighted by atomic mass is 16.5. The van der Waals surface area contributed by atoms with Crippen LogP contribution < -0.4 is 10.1 Å². The summed E-state index contributed by atoms with van der Waals surface area (Å²) in [5, 5.41) is 2.95. The van der Waals surface area contributed by atoms with Crippen molar-refractivity contribution in [2.24, 2.45) is 0 Å². The molecule has 4 rings (SSSR count). The zero-order valence-corrected chi connectivity index (χ0v) is 17.3. The van der Waals surface area contributed by atoms with Gasteiger partial charge in [0.05, 0.1) is 0 Å². The Balaban J connectivity index is 1.41. The highest BCUT2D eigenvalue weighted by Crippen LogP contribution is 2.23. The van der Waals surface area contributed by atoms with E-state index in [2.05, 4.69) is 15.3 Å². The van der Waals surface area contributed by atoms with Gasteiger partial charge < -0.3 is 10.1 Å². The van der Waals surface area contributed by atoms with Gasteiger partial charge in [0.2, 0.25) is 5.88 Å². The van der Waals surface area contributed by atoms with E-state index in [0.717, 1.165) is 17.5 Å². The summed E-state index contributed by atoms with van der Waals surface area (Å²) in [5.41, 5.74) is 3.79. The van der Waals surface area contributed by atoms with Crippen LogP contribution in [0.4, 0.5) is 0 Å². The van der Waals surface area contributed by atoms with Crippen LogP contribution in [-0.2, 0) is 6.42 Å². The van der Waals surface area contributed by atoms with Gasteiger partial charge >= 0.3 is 0 Å². The average molecular weight is 409 g/mol. The molecule has 0 saturated carbocycles. The summed E-state index contributed by atoms with van der Waals surface area (Å²) in [6, 6.07) is 26.8. The molecule has 0 aliphatic rings. The Kier molecular flexibility index (Phi) is 6.33. The van der Waals surface area contributed by atoms with E-state index in [0.29, 0.717) is 29.6 Å². The molecule has 154 valence electrons. The first-order valence-corrected chi connectivity index (χ1v) is 10.2. The molecular formula is C26H23N3O2.